The highest BCUT2D eigenvalue weighted by Gasteiger charge is 2.44. The lowest BCUT2D eigenvalue weighted by Gasteiger charge is -2.40. The third kappa shape index (κ3) is 4.36. The number of primary amides is 1. The van der Waals surface area contributed by atoms with Crippen molar-refractivity contribution in [3.05, 3.63) is 77.6 Å². The van der Waals surface area contributed by atoms with Gasteiger partial charge in [-0.15, -0.1) is 0 Å². The monoisotopic (exact) mass is 431 g/mol. The van der Waals surface area contributed by atoms with E-state index in [0.29, 0.717) is 23.6 Å². The molecule has 164 valence electrons. The summed E-state index contributed by atoms with van der Waals surface area (Å²) in [6.45, 7) is 4.19. The van der Waals surface area contributed by atoms with E-state index in [-0.39, 0.29) is 25.5 Å². The zero-order valence-corrected chi connectivity index (χ0v) is 18.1. The van der Waals surface area contributed by atoms with Gasteiger partial charge in [-0.05, 0) is 36.6 Å². The summed E-state index contributed by atoms with van der Waals surface area (Å²) < 4.78 is 5.90. The van der Waals surface area contributed by atoms with Crippen LogP contribution in [0, 0.1) is 13.8 Å². The van der Waals surface area contributed by atoms with E-state index in [0.717, 1.165) is 16.7 Å². The zero-order valence-electron chi connectivity index (χ0n) is 18.1. The second-order valence-electron chi connectivity index (χ2n) is 7.97. The fourth-order valence-corrected chi connectivity index (χ4v) is 3.94. The largest absolute Gasteiger partial charge is 0.367 e. The molecule has 4 rings (SSSR count). The van der Waals surface area contributed by atoms with Crippen molar-refractivity contribution in [1.82, 2.24) is 19.9 Å². The number of hydrogen-bond donors (Lipinski definition) is 1. The predicted octanol–water partition coefficient (Wildman–Crippen LogP) is 2.09. The Labute approximate surface area is 186 Å². The van der Waals surface area contributed by atoms with Crippen LogP contribution in [0.15, 0.2) is 55.0 Å². The van der Waals surface area contributed by atoms with E-state index >= 15 is 0 Å². The number of aryl methyl sites for hydroxylation is 2. The van der Waals surface area contributed by atoms with Gasteiger partial charge < -0.3 is 15.4 Å². The van der Waals surface area contributed by atoms with Crippen LogP contribution >= 0.6 is 0 Å². The lowest BCUT2D eigenvalue weighted by Crippen LogP contribution is -2.61. The van der Waals surface area contributed by atoms with Crippen molar-refractivity contribution in [2.45, 2.75) is 25.9 Å². The molecule has 3 aromatic rings. The van der Waals surface area contributed by atoms with E-state index in [1.54, 1.807) is 31.1 Å². The Kier molecular flexibility index (Phi) is 5.96. The van der Waals surface area contributed by atoms with Crippen LogP contribution in [0.2, 0.25) is 0 Å². The molecular formula is C24H25N5O3. The Morgan fingerprint density at radius 1 is 1.12 bits per heavy atom. The van der Waals surface area contributed by atoms with Gasteiger partial charge in [0.15, 0.2) is 5.60 Å². The van der Waals surface area contributed by atoms with Crippen LogP contribution in [-0.4, -0.2) is 57.0 Å². The normalized spacial score (nSPS) is 18.4. The Bertz CT molecular complexity index is 1130. The van der Waals surface area contributed by atoms with Gasteiger partial charge >= 0.3 is 0 Å². The Balaban J connectivity index is 1.55. The molecule has 0 radical (unpaired) electrons. The van der Waals surface area contributed by atoms with E-state index < -0.39 is 11.5 Å². The van der Waals surface area contributed by atoms with E-state index in [1.165, 1.54) is 6.20 Å². The maximum atomic E-state index is 13.1. The maximum absolute atomic E-state index is 13.1. The van der Waals surface area contributed by atoms with Gasteiger partial charge in [-0.25, -0.2) is 9.97 Å². The molecule has 8 heteroatoms. The smallest absolute Gasteiger partial charge is 0.257 e. The first kappa shape index (κ1) is 21.6. The van der Waals surface area contributed by atoms with Crippen molar-refractivity contribution >= 4 is 11.8 Å². The number of nitrogens with zero attached hydrogens (tertiary/aromatic N) is 4. The fourth-order valence-electron chi connectivity index (χ4n) is 3.94. The molecule has 1 aliphatic heterocycles. The summed E-state index contributed by atoms with van der Waals surface area (Å²) in [5, 5.41) is 0. The van der Waals surface area contributed by atoms with Crippen LogP contribution in [-0.2, 0) is 16.0 Å². The van der Waals surface area contributed by atoms with Crippen molar-refractivity contribution in [3.8, 4) is 11.1 Å². The molecule has 0 saturated carbocycles. The molecule has 0 aliphatic carbocycles. The lowest BCUT2D eigenvalue weighted by molar-refractivity contribution is -0.153. The number of aromatic nitrogens is 3. The molecule has 1 saturated heterocycles. The van der Waals surface area contributed by atoms with E-state index in [1.807, 2.05) is 36.4 Å². The third-order valence-corrected chi connectivity index (χ3v) is 5.69. The number of rotatable bonds is 5. The Morgan fingerprint density at radius 2 is 1.91 bits per heavy atom. The minimum atomic E-state index is -1.30. The number of hydrogen-bond acceptors (Lipinski definition) is 6. The van der Waals surface area contributed by atoms with Gasteiger partial charge in [-0.1, -0.05) is 30.3 Å². The third-order valence-electron chi connectivity index (χ3n) is 5.69. The van der Waals surface area contributed by atoms with Crippen LogP contribution in [0.1, 0.15) is 27.4 Å². The predicted molar refractivity (Wildman–Crippen MR) is 119 cm³/mol. The van der Waals surface area contributed by atoms with Crippen molar-refractivity contribution in [3.63, 3.8) is 0 Å². The second-order valence-corrected chi connectivity index (χ2v) is 7.97. The highest BCUT2D eigenvalue weighted by Crippen LogP contribution is 2.26. The summed E-state index contributed by atoms with van der Waals surface area (Å²) in [6.07, 6.45) is 5.32. The number of carbonyl (C=O) groups excluding carboxylic acids is 2. The highest BCUT2D eigenvalue weighted by atomic mass is 16.5. The molecule has 1 aliphatic rings. The fraction of sp³-hybridized carbons (Fsp3) is 0.292. The number of ether oxygens (including phenoxy) is 1. The van der Waals surface area contributed by atoms with E-state index in [9.17, 15) is 9.59 Å². The Hall–Kier alpha value is -3.65. The van der Waals surface area contributed by atoms with Crippen LogP contribution in [0.4, 0.5) is 0 Å². The van der Waals surface area contributed by atoms with Crippen LogP contribution in [0.5, 0.6) is 0 Å². The molecule has 8 nitrogen and oxygen atoms in total. The molecular weight excluding hydrogens is 406 g/mol. The number of amides is 2. The second kappa shape index (κ2) is 8.84. The zero-order chi connectivity index (χ0) is 22.7. The summed E-state index contributed by atoms with van der Waals surface area (Å²) in [4.78, 5) is 39.8. The van der Waals surface area contributed by atoms with Gasteiger partial charge in [0.25, 0.3) is 11.8 Å². The molecule has 1 fully saturated rings. The topological polar surface area (TPSA) is 111 Å². The van der Waals surface area contributed by atoms with Crippen LogP contribution in [0.3, 0.4) is 0 Å². The molecule has 2 aromatic heterocycles. The van der Waals surface area contributed by atoms with Crippen LogP contribution < -0.4 is 5.73 Å². The number of morpholine rings is 1. The van der Waals surface area contributed by atoms with Gasteiger partial charge in [0, 0.05) is 31.6 Å². The summed E-state index contributed by atoms with van der Waals surface area (Å²) in [5.41, 5.74) is 8.41. The standard InChI is InChI=1S/C24H25N5O3/c1-16-21(14-27-17(2)28-16)22(30)29-10-11-32-24(15-29,23(25)31)12-18-5-7-19(8-6-18)20-4-3-9-26-13-20/h3-9,13-14H,10-12,15H2,1-2H3,(H2,25,31). The SMILES string of the molecule is Cc1ncc(C(=O)N2CCOC(Cc3ccc(-c4cccnc4)cc3)(C(N)=O)C2)c(C)n1. The quantitative estimate of drug-likeness (QED) is 0.662. The van der Waals surface area contributed by atoms with Crippen molar-refractivity contribution < 1.29 is 14.3 Å². The summed E-state index contributed by atoms with van der Waals surface area (Å²) in [5.74, 6) is -0.228. The van der Waals surface area contributed by atoms with Crippen molar-refractivity contribution in [2.24, 2.45) is 5.73 Å². The molecule has 0 spiro atoms. The molecule has 0 bridgehead atoms. The lowest BCUT2D eigenvalue weighted by atomic mass is 9.90. The molecule has 1 unspecified atom stereocenters. The molecule has 1 atom stereocenters. The number of pyridine rings is 1. The molecule has 2 amide bonds. The van der Waals surface area contributed by atoms with Gasteiger partial charge in [0.1, 0.15) is 5.82 Å². The minimum absolute atomic E-state index is 0.0683. The maximum Gasteiger partial charge on any atom is 0.257 e. The highest BCUT2D eigenvalue weighted by molar-refractivity contribution is 5.96. The first-order valence-electron chi connectivity index (χ1n) is 10.4. The molecule has 32 heavy (non-hydrogen) atoms. The van der Waals surface area contributed by atoms with Gasteiger partial charge in [-0.3, -0.25) is 14.6 Å². The van der Waals surface area contributed by atoms with Crippen molar-refractivity contribution in [2.75, 3.05) is 19.7 Å². The average Bonchev–Trinajstić information content (AvgIpc) is 2.80. The summed E-state index contributed by atoms with van der Waals surface area (Å²) in [6, 6.07) is 11.7. The number of nitrogens with two attached hydrogens (primary N) is 1. The Morgan fingerprint density at radius 3 is 2.56 bits per heavy atom. The van der Waals surface area contributed by atoms with E-state index in [4.69, 9.17) is 10.5 Å². The molecule has 3 heterocycles. The molecule has 1 aromatic carbocycles. The van der Waals surface area contributed by atoms with E-state index in [2.05, 4.69) is 15.0 Å². The first-order chi connectivity index (χ1) is 15.4. The van der Waals surface area contributed by atoms with Gasteiger partial charge in [0.2, 0.25) is 0 Å². The average molecular weight is 431 g/mol. The summed E-state index contributed by atoms with van der Waals surface area (Å²) >= 11 is 0. The number of benzene rings is 1. The first-order valence-corrected chi connectivity index (χ1v) is 10.4. The van der Waals surface area contributed by atoms with Crippen LogP contribution in [0.25, 0.3) is 11.1 Å². The molecule has 2 N–H and O–H groups in total. The minimum Gasteiger partial charge on any atom is -0.367 e. The van der Waals surface area contributed by atoms with Gasteiger partial charge in [-0.2, -0.15) is 0 Å². The number of carbonyl (C=O) groups is 2. The summed E-state index contributed by atoms with van der Waals surface area (Å²) in [7, 11) is 0. The van der Waals surface area contributed by atoms with Gasteiger partial charge in [0.05, 0.1) is 24.4 Å². The van der Waals surface area contributed by atoms with Crippen molar-refractivity contribution in [1.29, 1.82) is 0 Å².